The van der Waals surface area contributed by atoms with Crippen LogP contribution in [0.4, 0.5) is 0 Å². The molecule has 158 valence electrons. The van der Waals surface area contributed by atoms with Crippen LogP contribution >= 0.6 is 27.5 Å². The molecule has 0 spiro atoms. The largest absolute Gasteiger partial charge is 0.309 e. The van der Waals surface area contributed by atoms with E-state index >= 15 is 0 Å². The summed E-state index contributed by atoms with van der Waals surface area (Å²) in [6.45, 7) is 0. The Labute approximate surface area is 206 Å². The third-order valence-corrected chi connectivity index (χ3v) is 7.17. The topological polar surface area (TPSA) is 4.93 Å². The van der Waals surface area contributed by atoms with E-state index in [9.17, 15) is 0 Å². The minimum Gasteiger partial charge on any atom is -0.309 e. The maximum absolute atomic E-state index is 6.51. The number of benzene rings is 5. The van der Waals surface area contributed by atoms with Crippen molar-refractivity contribution in [1.29, 1.82) is 0 Å². The van der Waals surface area contributed by atoms with Gasteiger partial charge in [-0.3, -0.25) is 0 Å². The minimum atomic E-state index is 0.747. The van der Waals surface area contributed by atoms with Gasteiger partial charge in [-0.05, 0) is 65.2 Å². The molecule has 0 saturated heterocycles. The Morgan fingerprint density at radius 3 is 2.06 bits per heavy atom. The van der Waals surface area contributed by atoms with Crippen molar-refractivity contribution in [1.82, 2.24) is 4.57 Å². The molecule has 0 saturated carbocycles. The van der Waals surface area contributed by atoms with E-state index in [1.54, 1.807) is 0 Å². The Morgan fingerprint density at radius 1 is 0.545 bits per heavy atom. The van der Waals surface area contributed by atoms with Crippen molar-refractivity contribution in [3.05, 3.63) is 125 Å². The normalized spacial score (nSPS) is 11.3. The molecule has 1 nitrogen and oxygen atoms in total. The number of para-hydroxylation sites is 2. The summed E-state index contributed by atoms with van der Waals surface area (Å²) in [5, 5.41) is 3.24. The molecule has 1 heterocycles. The number of aromatic nitrogens is 1. The third-order valence-electron chi connectivity index (χ3n) is 6.15. The van der Waals surface area contributed by atoms with Crippen molar-refractivity contribution in [2.24, 2.45) is 0 Å². The molecule has 6 aromatic rings. The molecule has 0 atom stereocenters. The van der Waals surface area contributed by atoms with Gasteiger partial charge in [0.1, 0.15) is 0 Å². The molecule has 0 N–H and O–H groups in total. The van der Waals surface area contributed by atoms with Crippen LogP contribution in [0.25, 0.3) is 49.7 Å². The first-order chi connectivity index (χ1) is 16.2. The van der Waals surface area contributed by atoms with Gasteiger partial charge in [0.25, 0.3) is 0 Å². The summed E-state index contributed by atoms with van der Waals surface area (Å²) in [5.74, 6) is 0. The molecule has 3 heteroatoms. The summed E-state index contributed by atoms with van der Waals surface area (Å²) < 4.78 is 3.37. The van der Waals surface area contributed by atoms with Crippen LogP contribution in [-0.2, 0) is 0 Å². The van der Waals surface area contributed by atoms with Crippen molar-refractivity contribution in [3.63, 3.8) is 0 Å². The lowest BCUT2D eigenvalue weighted by atomic mass is 9.98. The zero-order valence-corrected chi connectivity index (χ0v) is 20.0. The fourth-order valence-corrected chi connectivity index (χ4v) is 5.30. The fraction of sp³-hybridized carbons (Fsp3) is 0. The zero-order chi connectivity index (χ0) is 22.4. The fourth-order valence-electron chi connectivity index (χ4n) is 4.60. The predicted molar refractivity (Wildman–Crippen MR) is 144 cm³/mol. The van der Waals surface area contributed by atoms with E-state index in [0.717, 1.165) is 26.2 Å². The highest BCUT2D eigenvalue weighted by atomic mass is 79.9. The smallest absolute Gasteiger partial charge is 0.0541 e. The Bertz CT molecular complexity index is 1630. The first-order valence-electron chi connectivity index (χ1n) is 10.8. The lowest BCUT2D eigenvalue weighted by Crippen LogP contribution is -1.92. The molecule has 0 fully saturated rings. The van der Waals surface area contributed by atoms with Crippen LogP contribution in [0.2, 0.25) is 5.02 Å². The van der Waals surface area contributed by atoms with Gasteiger partial charge in [-0.2, -0.15) is 0 Å². The summed E-state index contributed by atoms with van der Waals surface area (Å²) in [7, 11) is 0. The molecular weight excluding hydrogens is 490 g/mol. The van der Waals surface area contributed by atoms with Gasteiger partial charge in [-0.15, -0.1) is 0 Å². The van der Waals surface area contributed by atoms with Gasteiger partial charge in [0.2, 0.25) is 0 Å². The van der Waals surface area contributed by atoms with Crippen molar-refractivity contribution >= 4 is 49.3 Å². The molecule has 0 amide bonds. The number of nitrogens with zero attached hydrogens (tertiary/aromatic N) is 1. The molecule has 0 aliphatic heterocycles. The van der Waals surface area contributed by atoms with Crippen LogP contribution in [0.3, 0.4) is 0 Å². The molecule has 0 aliphatic rings. The highest BCUT2D eigenvalue weighted by molar-refractivity contribution is 9.10. The standard InChI is InChI=1S/C30H19BrClN/c31-27-16-14-20(18-25(27)23-10-4-6-12-28(23)32)21-15-17-30-26(19-21)24-11-5-7-13-29(24)33(30)22-8-2-1-3-9-22/h1-19H. The molecule has 0 radical (unpaired) electrons. The molecule has 0 aliphatic carbocycles. The van der Waals surface area contributed by atoms with Crippen LogP contribution in [0.5, 0.6) is 0 Å². The molecule has 5 aromatic carbocycles. The Morgan fingerprint density at radius 2 is 1.21 bits per heavy atom. The lowest BCUT2D eigenvalue weighted by Gasteiger charge is -2.11. The van der Waals surface area contributed by atoms with E-state index in [1.165, 1.54) is 33.1 Å². The second-order valence-electron chi connectivity index (χ2n) is 8.09. The average molecular weight is 509 g/mol. The van der Waals surface area contributed by atoms with Crippen molar-refractivity contribution in [2.45, 2.75) is 0 Å². The van der Waals surface area contributed by atoms with E-state index in [-0.39, 0.29) is 0 Å². The van der Waals surface area contributed by atoms with E-state index in [0.29, 0.717) is 0 Å². The van der Waals surface area contributed by atoms with Gasteiger partial charge in [-0.25, -0.2) is 0 Å². The minimum absolute atomic E-state index is 0.747. The lowest BCUT2D eigenvalue weighted by molar-refractivity contribution is 1.18. The second kappa shape index (κ2) is 8.22. The van der Waals surface area contributed by atoms with Gasteiger partial charge in [0, 0.05) is 31.5 Å². The van der Waals surface area contributed by atoms with Crippen LogP contribution in [0, 0.1) is 0 Å². The van der Waals surface area contributed by atoms with Gasteiger partial charge in [0.15, 0.2) is 0 Å². The molecular formula is C30H19BrClN. The van der Waals surface area contributed by atoms with Crippen molar-refractivity contribution in [2.75, 3.05) is 0 Å². The number of fused-ring (bicyclic) bond motifs is 3. The SMILES string of the molecule is Clc1ccccc1-c1cc(-c2ccc3c(c2)c2ccccc2n3-c2ccccc2)ccc1Br. The van der Waals surface area contributed by atoms with E-state index < -0.39 is 0 Å². The predicted octanol–water partition coefficient (Wildman–Crippen LogP) is 9.53. The molecule has 0 unspecified atom stereocenters. The molecule has 1 aromatic heterocycles. The Balaban J connectivity index is 1.57. The van der Waals surface area contributed by atoms with Gasteiger partial charge in [-0.1, -0.05) is 94.3 Å². The van der Waals surface area contributed by atoms with Gasteiger partial charge >= 0.3 is 0 Å². The van der Waals surface area contributed by atoms with Crippen LogP contribution < -0.4 is 0 Å². The first kappa shape index (κ1) is 20.3. The van der Waals surface area contributed by atoms with Crippen molar-refractivity contribution < 1.29 is 0 Å². The highest BCUT2D eigenvalue weighted by Crippen LogP contribution is 2.38. The number of rotatable bonds is 3. The molecule has 6 rings (SSSR count). The highest BCUT2D eigenvalue weighted by Gasteiger charge is 2.14. The summed E-state index contributed by atoms with van der Waals surface area (Å²) >= 11 is 10.2. The number of hydrogen-bond donors (Lipinski definition) is 0. The van der Waals surface area contributed by atoms with Gasteiger partial charge in [0.05, 0.1) is 11.0 Å². The maximum Gasteiger partial charge on any atom is 0.0541 e. The average Bonchev–Trinajstić information content (AvgIpc) is 3.19. The molecule has 33 heavy (non-hydrogen) atoms. The van der Waals surface area contributed by atoms with Crippen molar-refractivity contribution in [3.8, 4) is 27.9 Å². The van der Waals surface area contributed by atoms with E-state index in [1.807, 2.05) is 18.2 Å². The third kappa shape index (κ3) is 3.47. The van der Waals surface area contributed by atoms with Crippen LogP contribution in [0.1, 0.15) is 0 Å². The number of halogens is 2. The second-order valence-corrected chi connectivity index (χ2v) is 9.36. The van der Waals surface area contributed by atoms with Crippen LogP contribution in [-0.4, -0.2) is 4.57 Å². The Hall–Kier alpha value is -3.33. The van der Waals surface area contributed by atoms with E-state index in [2.05, 4.69) is 118 Å². The van der Waals surface area contributed by atoms with Crippen LogP contribution in [0.15, 0.2) is 120 Å². The monoisotopic (exact) mass is 507 g/mol. The van der Waals surface area contributed by atoms with E-state index in [4.69, 9.17) is 11.6 Å². The zero-order valence-electron chi connectivity index (χ0n) is 17.7. The Kier molecular flexibility index (Phi) is 5.05. The first-order valence-corrected chi connectivity index (χ1v) is 12.0. The quantitative estimate of drug-likeness (QED) is 0.224. The molecule has 0 bridgehead atoms. The summed E-state index contributed by atoms with van der Waals surface area (Å²) in [5.41, 5.74) is 8.03. The summed E-state index contributed by atoms with van der Waals surface area (Å²) in [6.07, 6.45) is 0. The summed E-state index contributed by atoms with van der Waals surface area (Å²) in [6, 6.07) is 40.3. The maximum atomic E-state index is 6.51. The van der Waals surface area contributed by atoms with Gasteiger partial charge < -0.3 is 4.57 Å². The summed E-state index contributed by atoms with van der Waals surface area (Å²) in [4.78, 5) is 0. The number of hydrogen-bond acceptors (Lipinski definition) is 0.